The van der Waals surface area contributed by atoms with Gasteiger partial charge in [0.15, 0.2) is 0 Å². The first kappa shape index (κ1) is 18.7. The maximum absolute atomic E-state index is 12.5. The van der Waals surface area contributed by atoms with Gasteiger partial charge in [-0.15, -0.1) is 0 Å². The van der Waals surface area contributed by atoms with Crippen molar-refractivity contribution in [3.63, 3.8) is 0 Å². The van der Waals surface area contributed by atoms with Gasteiger partial charge >= 0.3 is 0 Å². The van der Waals surface area contributed by atoms with Crippen LogP contribution in [0, 0.1) is 13.8 Å². The lowest BCUT2D eigenvalue weighted by atomic mass is 9.92. The van der Waals surface area contributed by atoms with Crippen LogP contribution < -0.4 is 5.32 Å². The van der Waals surface area contributed by atoms with E-state index < -0.39 is 0 Å². The molecule has 1 aromatic carbocycles. The highest BCUT2D eigenvalue weighted by Gasteiger charge is 2.27. The third-order valence-electron chi connectivity index (χ3n) is 6.03. The molecular weight excluding hydrogens is 352 g/mol. The predicted molar refractivity (Wildman–Crippen MR) is 107 cm³/mol. The average molecular weight is 380 g/mol. The monoisotopic (exact) mass is 380 g/mol. The van der Waals surface area contributed by atoms with Gasteiger partial charge in [-0.1, -0.05) is 6.07 Å². The van der Waals surface area contributed by atoms with Gasteiger partial charge in [-0.05, 0) is 62.8 Å². The van der Waals surface area contributed by atoms with E-state index >= 15 is 0 Å². The lowest BCUT2D eigenvalue weighted by molar-refractivity contribution is -0.128. The number of fused-ring (bicyclic) bond motifs is 1. The fourth-order valence-corrected chi connectivity index (χ4v) is 4.23. The Hall–Kier alpha value is -2.63. The average Bonchev–Trinajstić information content (AvgIpc) is 3.29. The van der Waals surface area contributed by atoms with E-state index in [1.54, 1.807) is 4.90 Å². The number of hydrogen-bond acceptors (Lipinski definition) is 3. The molecule has 1 N–H and O–H groups in total. The highest BCUT2D eigenvalue weighted by molar-refractivity contribution is 5.80. The van der Waals surface area contributed by atoms with Crippen LogP contribution in [0.3, 0.4) is 0 Å². The van der Waals surface area contributed by atoms with Crippen LogP contribution in [0.5, 0.6) is 0 Å². The summed E-state index contributed by atoms with van der Waals surface area (Å²) in [7, 11) is 0. The largest absolute Gasteiger partial charge is 0.349 e. The van der Waals surface area contributed by atoms with Crippen molar-refractivity contribution < 1.29 is 9.59 Å². The van der Waals surface area contributed by atoms with E-state index in [-0.39, 0.29) is 17.9 Å². The molecule has 1 saturated heterocycles. The molecule has 2 heterocycles. The Kier molecular flexibility index (Phi) is 5.20. The van der Waals surface area contributed by atoms with Crippen molar-refractivity contribution in [3.05, 3.63) is 46.8 Å². The Labute approximate surface area is 165 Å². The summed E-state index contributed by atoms with van der Waals surface area (Å²) in [6.07, 6.45) is 6.72. The number of carbonyl (C=O) groups excluding carboxylic acids is 2. The number of aryl methyl sites for hydroxylation is 2. The van der Waals surface area contributed by atoms with Gasteiger partial charge in [0.2, 0.25) is 11.8 Å². The fourth-order valence-electron chi connectivity index (χ4n) is 4.23. The minimum absolute atomic E-state index is 0.00539. The molecule has 1 aromatic heterocycles. The quantitative estimate of drug-likeness (QED) is 0.867. The van der Waals surface area contributed by atoms with Crippen LogP contribution >= 0.6 is 0 Å². The summed E-state index contributed by atoms with van der Waals surface area (Å²) in [5.74, 6) is 0.180. The number of benzene rings is 1. The standard InChI is InChI=1S/C22H28N4O2/c1-15-8-9-17(13-16(15)2)26-20-6-3-5-19(18(20)14-23-26)24-21(27)10-12-25-11-4-7-22(25)28/h8-9,13-14,19H,3-7,10-12H2,1-2H3,(H,24,27)/t19-/m1/s1. The molecule has 0 spiro atoms. The molecule has 6 nitrogen and oxygen atoms in total. The van der Waals surface area contributed by atoms with Gasteiger partial charge < -0.3 is 10.2 Å². The first-order valence-electron chi connectivity index (χ1n) is 10.2. The first-order chi connectivity index (χ1) is 13.5. The number of carbonyl (C=O) groups is 2. The zero-order valence-electron chi connectivity index (χ0n) is 16.7. The molecule has 0 radical (unpaired) electrons. The SMILES string of the molecule is Cc1ccc(-n2ncc3c2CCC[C@H]3NC(=O)CCN2CCCC2=O)cc1C. The van der Waals surface area contributed by atoms with Gasteiger partial charge in [0.1, 0.15) is 0 Å². The molecule has 1 atom stereocenters. The number of rotatable bonds is 5. The summed E-state index contributed by atoms with van der Waals surface area (Å²) in [5.41, 5.74) is 5.90. The van der Waals surface area contributed by atoms with E-state index in [9.17, 15) is 9.59 Å². The molecule has 1 fully saturated rings. The highest BCUT2D eigenvalue weighted by atomic mass is 16.2. The zero-order chi connectivity index (χ0) is 19.7. The molecule has 148 valence electrons. The Bertz CT molecular complexity index is 902. The maximum Gasteiger partial charge on any atom is 0.222 e. The number of likely N-dealkylation sites (tertiary alicyclic amines) is 1. The van der Waals surface area contributed by atoms with Crippen LogP contribution in [-0.4, -0.2) is 39.6 Å². The summed E-state index contributed by atoms with van der Waals surface area (Å²) < 4.78 is 2.02. The third-order valence-corrected chi connectivity index (χ3v) is 6.03. The van der Waals surface area contributed by atoms with Crippen molar-refractivity contribution in [2.75, 3.05) is 13.1 Å². The second-order valence-electron chi connectivity index (χ2n) is 7.97. The van der Waals surface area contributed by atoms with E-state index in [4.69, 9.17) is 0 Å². The normalized spacial score (nSPS) is 19.0. The lowest BCUT2D eigenvalue weighted by Gasteiger charge is -2.25. The Morgan fingerprint density at radius 2 is 2.07 bits per heavy atom. The number of amides is 2. The predicted octanol–water partition coefficient (Wildman–Crippen LogP) is 3.00. The van der Waals surface area contributed by atoms with E-state index in [1.165, 1.54) is 16.8 Å². The number of nitrogens with zero attached hydrogens (tertiary/aromatic N) is 3. The minimum Gasteiger partial charge on any atom is -0.349 e. The fraction of sp³-hybridized carbons (Fsp3) is 0.500. The first-order valence-corrected chi connectivity index (χ1v) is 10.2. The van der Waals surface area contributed by atoms with Crippen molar-refractivity contribution in [1.82, 2.24) is 20.0 Å². The van der Waals surface area contributed by atoms with Gasteiger partial charge in [-0.2, -0.15) is 5.10 Å². The lowest BCUT2D eigenvalue weighted by Crippen LogP contribution is -2.34. The van der Waals surface area contributed by atoms with Gasteiger partial charge in [0.05, 0.1) is 17.9 Å². The van der Waals surface area contributed by atoms with Crippen LogP contribution in [0.4, 0.5) is 0 Å². The molecule has 0 bridgehead atoms. The number of hydrogen-bond donors (Lipinski definition) is 1. The van der Waals surface area contributed by atoms with Crippen molar-refractivity contribution in [2.45, 2.75) is 58.4 Å². The summed E-state index contributed by atoms with van der Waals surface area (Å²) in [6.45, 7) is 5.52. The van der Waals surface area contributed by atoms with Gasteiger partial charge in [0, 0.05) is 37.2 Å². The van der Waals surface area contributed by atoms with Crippen molar-refractivity contribution >= 4 is 11.8 Å². The molecule has 1 aliphatic carbocycles. The van der Waals surface area contributed by atoms with Gasteiger partial charge in [0.25, 0.3) is 0 Å². The molecule has 4 rings (SSSR count). The van der Waals surface area contributed by atoms with Crippen LogP contribution in [0.1, 0.15) is 60.5 Å². The summed E-state index contributed by atoms with van der Waals surface area (Å²) in [4.78, 5) is 26.0. The maximum atomic E-state index is 12.5. The second-order valence-corrected chi connectivity index (χ2v) is 7.97. The topological polar surface area (TPSA) is 67.2 Å². The summed E-state index contributed by atoms with van der Waals surface area (Å²) in [6, 6.07) is 6.40. The molecule has 0 unspecified atom stereocenters. The van der Waals surface area contributed by atoms with E-state index in [2.05, 4.69) is 42.5 Å². The van der Waals surface area contributed by atoms with Crippen LogP contribution in [-0.2, 0) is 16.0 Å². The Morgan fingerprint density at radius 1 is 1.21 bits per heavy atom. The summed E-state index contributed by atoms with van der Waals surface area (Å²) in [5, 5.41) is 7.80. The zero-order valence-corrected chi connectivity index (χ0v) is 16.7. The van der Waals surface area contributed by atoms with Crippen molar-refractivity contribution in [3.8, 4) is 5.69 Å². The van der Waals surface area contributed by atoms with Gasteiger partial charge in [-0.3, -0.25) is 9.59 Å². The third kappa shape index (κ3) is 3.68. The Morgan fingerprint density at radius 3 is 2.82 bits per heavy atom. The second kappa shape index (κ2) is 7.78. The smallest absolute Gasteiger partial charge is 0.222 e. The van der Waals surface area contributed by atoms with Crippen molar-refractivity contribution in [1.29, 1.82) is 0 Å². The van der Waals surface area contributed by atoms with Crippen molar-refractivity contribution in [2.24, 2.45) is 0 Å². The Balaban J connectivity index is 1.45. The van der Waals surface area contributed by atoms with Crippen LogP contribution in [0.25, 0.3) is 5.69 Å². The highest BCUT2D eigenvalue weighted by Crippen LogP contribution is 2.31. The molecule has 6 heteroatoms. The van der Waals surface area contributed by atoms with E-state index in [0.717, 1.165) is 43.5 Å². The summed E-state index contributed by atoms with van der Waals surface area (Å²) >= 11 is 0. The molecular formula is C22H28N4O2. The molecule has 28 heavy (non-hydrogen) atoms. The number of nitrogens with one attached hydrogen (secondary N) is 1. The molecule has 2 aromatic rings. The molecule has 2 aliphatic rings. The minimum atomic E-state index is 0.00539. The molecule has 2 amide bonds. The van der Waals surface area contributed by atoms with Gasteiger partial charge in [-0.25, -0.2) is 4.68 Å². The van der Waals surface area contributed by atoms with E-state index in [0.29, 0.717) is 19.4 Å². The number of aromatic nitrogens is 2. The van der Waals surface area contributed by atoms with Crippen LogP contribution in [0.15, 0.2) is 24.4 Å². The van der Waals surface area contributed by atoms with Crippen LogP contribution in [0.2, 0.25) is 0 Å². The molecule has 0 saturated carbocycles. The molecule has 1 aliphatic heterocycles. The van der Waals surface area contributed by atoms with E-state index in [1.807, 2.05) is 10.9 Å².